The van der Waals surface area contributed by atoms with Gasteiger partial charge in [-0.2, -0.15) is 10.2 Å². The van der Waals surface area contributed by atoms with Gasteiger partial charge in [-0.05, 0) is 31.0 Å². The topological polar surface area (TPSA) is 173 Å². The number of piperidine rings is 1. The van der Waals surface area contributed by atoms with E-state index in [1.165, 1.54) is 15.6 Å². The van der Waals surface area contributed by atoms with E-state index < -0.39 is 6.10 Å². The van der Waals surface area contributed by atoms with Crippen LogP contribution in [0.3, 0.4) is 0 Å². The average molecular weight is 547 g/mol. The summed E-state index contributed by atoms with van der Waals surface area (Å²) in [6.45, 7) is 2.12. The number of halogens is 1. The minimum absolute atomic E-state index is 0.0746. The summed E-state index contributed by atoms with van der Waals surface area (Å²) in [5.41, 5.74) is 1.44. The molecule has 0 bridgehead atoms. The van der Waals surface area contributed by atoms with Crippen molar-refractivity contribution in [1.82, 2.24) is 39.7 Å². The summed E-state index contributed by atoms with van der Waals surface area (Å²) >= 11 is 6.39. The van der Waals surface area contributed by atoms with Gasteiger partial charge in [0.15, 0.2) is 23.0 Å². The van der Waals surface area contributed by atoms with Gasteiger partial charge in [0.2, 0.25) is 11.8 Å². The number of aliphatic hydroxyl groups excluding tert-OH is 1. The zero-order valence-corrected chi connectivity index (χ0v) is 21.3. The predicted octanol–water partition coefficient (Wildman–Crippen LogP) is 1.48. The Morgan fingerprint density at radius 2 is 1.97 bits per heavy atom. The number of pyridine rings is 1. The maximum absolute atomic E-state index is 12.5. The van der Waals surface area contributed by atoms with Crippen LogP contribution in [-0.4, -0.2) is 89.0 Å². The van der Waals surface area contributed by atoms with Gasteiger partial charge in [0.05, 0.1) is 12.3 Å². The monoisotopic (exact) mass is 546 g/mol. The van der Waals surface area contributed by atoms with Crippen molar-refractivity contribution in [2.45, 2.75) is 25.0 Å². The molecule has 0 unspecified atom stereocenters. The van der Waals surface area contributed by atoms with Crippen LogP contribution in [0.15, 0.2) is 36.7 Å². The van der Waals surface area contributed by atoms with Crippen LogP contribution in [0.2, 0.25) is 5.02 Å². The third-order valence-electron chi connectivity index (χ3n) is 6.60. The Hall–Kier alpha value is -4.61. The maximum Gasteiger partial charge on any atom is 0.293 e. The van der Waals surface area contributed by atoms with Gasteiger partial charge in [0.1, 0.15) is 11.1 Å². The van der Waals surface area contributed by atoms with Crippen molar-refractivity contribution in [3.8, 4) is 6.07 Å². The molecule has 39 heavy (non-hydrogen) atoms. The molecule has 198 valence electrons. The van der Waals surface area contributed by atoms with E-state index in [-0.39, 0.29) is 30.9 Å². The second kappa shape index (κ2) is 10.3. The standard InChI is InChI=1S/C24H23ClN12O2/c25-18-11-27-24(29-15-5-8-37-20(9-15)30-22(34-37)23(39)36-12-17(38)13-36)31-21(18)28-14-3-6-35(7-4-14)19-2-1-16(10-26)32-33-19/h1-2,5,8-9,11,14,17,38H,3-4,6-7,12-13H2,(H2,27,28,29,31). The zero-order chi connectivity index (χ0) is 26.9. The first-order valence-electron chi connectivity index (χ1n) is 12.3. The highest BCUT2D eigenvalue weighted by Crippen LogP contribution is 2.26. The molecule has 15 heteroatoms. The molecule has 2 fully saturated rings. The normalized spacial score (nSPS) is 16.1. The number of hydrogen-bond acceptors (Lipinski definition) is 12. The number of likely N-dealkylation sites (tertiary alicyclic amines) is 1. The number of nitrogens with one attached hydrogen (secondary N) is 2. The Labute approximate surface area is 227 Å². The molecule has 0 spiro atoms. The molecule has 3 N–H and O–H groups in total. The van der Waals surface area contributed by atoms with Crippen LogP contribution in [0.4, 0.5) is 23.3 Å². The van der Waals surface area contributed by atoms with E-state index in [1.807, 2.05) is 12.1 Å². The number of fused-ring (bicyclic) bond motifs is 1. The number of rotatable bonds is 6. The lowest BCUT2D eigenvalue weighted by Crippen LogP contribution is -2.53. The molecule has 0 atom stereocenters. The first-order chi connectivity index (χ1) is 18.9. The number of carbonyl (C=O) groups is 1. The van der Waals surface area contributed by atoms with Crippen LogP contribution < -0.4 is 15.5 Å². The summed E-state index contributed by atoms with van der Waals surface area (Å²) in [5.74, 6) is 1.39. The minimum atomic E-state index is -0.489. The Balaban J connectivity index is 1.09. The second-order valence-electron chi connectivity index (χ2n) is 9.33. The number of aliphatic hydroxyl groups is 1. The van der Waals surface area contributed by atoms with Gasteiger partial charge < -0.3 is 25.5 Å². The smallest absolute Gasteiger partial charge is 0.293 e. The highest BCUT2D eigenvalue weighted by molar-refractivity contribution is 6.32. The minimum Gasteiger partial charge on any atom is -0.389 e. The van der Waals surface area contributed by atoms with E-state index in [1.54, 1.807) is 24.4 Å². The molecule has 14 nitrogen and oxygen atoms in total. The van der Waals surface area contributed by atoms with Gasteiger partial charge in [-0.25, -0.2) is 14.5 Å². The second-order valence-corrected chi connectivity index (χ2v) is 9.73. The van der Waals surface area contributed by atoms with E-state index in [0.717, 1.165) is 31.7 Å². The molecule has 1 amide bonds. The van der Waals surface area contributed by atoms with Crippen molar-refractivity contribution < 1.29 is 9.90 Å². The fraction of sp³-hybridized carbons (Fsp3) is 0.333. The highest BCUT2D eigenvalue weighted by atomic mass is 35.5. The Morgan fingerprint density at radius 3 is 2.69 bits per heavy atom. The van der Waals surface area contributed by atoms with Crippen LogP contribution in [0.25, 0.3) is 5.65 Å². The molecule has 0 radical (unpaired) electrons. The molecule has 4 aromatic heterocycles. The number of aromatic nitrogens is 7. The van der Waals surface area contributed by atoms with E-state index >= 15 is 0 Å². The van der Waals surface area contributed by atoms with Crippen molar-refractivity contribution in [3.05, 3.63) is 53.2 Å². The van der Waals surface area contributed by atoms with Gasteiger partial charge in [-0.1, -0.05) is 11.6 Å². The van der Waals surface area contributed by atoms with Gasteiger partial charge in [-0.15, -0.1) is 15.3 Å². The molecule has 2 aliphatic rings. The van der Waals surface area contributed by atoms with Gasteiger partial charge >= 0.3 is 0 Å². The average Bonchev–Trinajstić information content (AvgIpc) is 3.37. The Bertz CT molecular complexity index is 1560. The van der Waals surface area contributed by atoms with E-state index in [2.05, 4.69) is 45.8 Å². The molecule has 4 aromatic rings. The van der Waals surface area contributed by atoms with Crippen molar-refractivity contribution in [3.63, 3.8) is 0 Å². The number of amides is 1. The number of nitrogens with zero attached hydrogens (tertiary/aromatic N) is 10. The molecule has 6 rings (SSSR count). The molecule has 6 heterocycles. The van der Waals surface area contributed by atoms with Gasteiger partial charge in [0, 0.05) is 50.2 Å². The lowest BCUT2D eigenvalue weighted by atomic mass is 10.1. The van der Waals surface area contributed by atoms with Crippen LogP contribution >= 0.6 is 11.6 Å². The maximum atomic E-state index is 12.5. The zero-order valence-electron chi connectivity index (χ0n) is 20.6. The number of anilines is 4. The summed E-state index contributed by atoms with van der Waals surface area (Å²) < 4.78 is 1.51. The largest absolute Gasteiger partial charge is 0.389 e. The first kappa shape index (κ1) is 24.7. The van der Waals surface area contributed by atoms with Crippen LogP contribution in [0, 0.1) is 11.3 Å². The van der Waals surface area contributed by atoms with E-state index in [4.69, 9.17) is 16.9 Å². The first-order valence-corrected chi connectivity index (χ1v) is 12.7. The fourth-order valence-electron chi connectivity index (χ4n) is 4.47. The molecular formula is C24H23ClN12O2. The summed E-state index contributed by atoms with van der Waals surface area (Å²) in [5, 5.41) is 37.6. The summed E-state index contributed by atoms with van der Waals surface area (Å²) in [6, 6.07) is 9.12. The Morgan fingerprint density at radius 1 is 1.15 bits per heavy atom. The molecule has 0 saturated carbocycles. The SMILES string of the molecule is N#Cc1ccc(N2CCC(Nc3nc(Nc4ccn5nc(C(=O)N6CC(O)C6)nc5c4)ncc3Cl)CC2)nn1. The molecule has 2 aliphatic heterocycles. The lowest BCUT2D eigenvalue weighted by molar-refractivity contribution is 0.00510. The number of hydrogen-bond donors (Lipinski definition) is 3. The third-order valence-corrected chi connectivity index (χ3v) is 6.88. The van der Waals surface area contributed by atoms with Crippen molar-refractivity contribution in [1.29, 1.82) is 5.26 Å². The number of carbonyl (C=O) groups excluding carboxylic acids is 1. The predicted molar refractivity (Wildman–Crippen MR) is 141 cm³/mol. The van der Waals surface area contributed by atoms with Crippen molar-refractivity contribution >= 4 is 46.4 Å². The van der Waals surface area contributed by atoms with E-state index in [9.17, 15) is 9.90 Å². The van der Waals surface area contributed by atoms with Crippen molar-refractivity contribution in [2.75, 3.05) is 41.7 Å². The quantitative estimate of drug-likeness (QED) is 0.318. The fourth-order valence-corrected chi connectivity index (χ4v) is 4.62. The molecule has 0 aromatic carbocycles. The highest BCUT2D eigenvalue weighted by Gasteiger charge is 2.31. The van der Waals surface area contributed by atoms with E-state index in [0.29, 0.717) is 33.8 Å². The molecule has 2 saturated heterocycles. The number of β-amino-alcohol motifs (C(OH)–C–C–N with tert-alkyl or cyclic N) is 1. The van der Waals surface area contributed by atoms with Gasteiger partial charge in [0.25, 0.3) is 5.91 Å². The van der Waals surface area contributed by atoms with Gasteiger partial charge in [-0.3, -0.25) is 4.79 Å². The third kappa shape index (κ3) is 5.22. The van der Waals surface area contributed by atoms with Crippen molar-refractivity contribution in [2.24, 2.45) is 0 Å². The summed E-state index contributed by atoms with van der Waals surface area (Å²) in [4.78, 5) is 29.3. The summed E-state index contributed by atoms with van der Waals surface area (Å²) in [6.07, 6.45) is 4.41. The van der Waals surface area contributed by atoms with Crippen LogP contribution in [0.5, 0.6) is 0 Å². The molecule has 0 aliphatic carbocycles. The van der Waals surface area contributed by atoms with Crippen LogP contribution in [0.1, 0.15) is 29.2 Å². The lowest BCUT2D eigenvalue weighted by Gasteiger charge is -2.34. The van der Waals surface area contributed by atoms with Crippen LogP contribution in [-0.2, 0) is 0 Å². The number of nitriles is 1. The molecular weight excluding hydrogens is 524 g/mol. The Kier molecular flexibility index (Phi) is 6.51. The summed E-state index contributed by atoms with van der Waals surface area (Å²) in [7, 11) is 0.